The summed E-state index contributed by atoms with van der Waals surface area (Å²) in [6.07, 6.45) is 5.59. The molecule has 29 heavy (non-hydrogen) atoms. The Morgan fingerprint density at radius 2 is 2.00 bits per heavy atom. The van der Waals surface area contributed by atoms with E-state index in [2.05, 4.69) is 20.0 Å². The molecular formula is C18H14F2N4O4S. The monoisotopic (exact) mass is 420 g/mol. The number of nitrogens with one attached hydrogen (secondary N) is 1. The fourth-order valence-electron chi connectivity index (χ4n) is 2.38. The highest BCUT2D eigenvalue weighted by Crippen LogP contribution is 2.32. The number of imide groups is 1. The van der Waals surface area contributed by atoms with Gasteiger partial charge in [0.05, 0.1) is 11.1 Å². The number of carbonyl (C=O) groups is 3. The summed E-state index contributed by atoms with van der Waals surface area (Å²) >= 11 is 0.759. The van der Waals surface area contributed by atoms with Crippen molar-refractivity contribution in [1.82, 2.24) is 20.2 Å². The summed E-state index contributed by atoms with van der Waals surface area (Å²) in [5, 5.41) is 2.10. The third-order valence-corrected chi connectivity index (χ3v) is 4.60. The zero-order valence-corrected chi connectivity index (χ0v) is 15.6. The van der Waals surface area contributed by atoms with Crippen LogP contribution in [0.2, 0.25) is 0 Å². The minimum Gasteiger partial charge on any atom is -0.435 e. The Balaban J connectivity index is 1.57. The summed E-state index contributed by atoms with van der Waals surface area (Å²) < 4.78 is 28.6. The number of halogens is 2. The maximum absolute atomic E-state index is 12.4. The third kappa shape index (κ3) is 5.35. The standard InChI is InChI=1S/C18H14F2N4O4S/c19-17(20)28-12-3-1-11(2-4-12)9-14-16(26)24(18(27)29-14)8-7-23-15(25)13-10-21-5-6-22-13/h1-6,9-10,17H,7-8H2,(H,23,25)/b14-9-. The molecule has 8 nitrogen and oxygen atoms in total. The molecule has 11 heteroatoms. The van der Waals surface area contributed by atoms with Gasteiger partial charge in [0.2, 0.25) is 0 Å². The topological polar surface area (TPSA) is 101 Å². The predicted molar refractivity (Wildman–Crippen MR) is 100 cm³/mol. The van der Waals surface area contributed by atoms with Crippen molar-refractivity contribution in [2.45, 2.75) is 6.61 Å². The summed E-state index contributed by atoms with van der Waals surface area (Å²) in [4.78, 5) is 45.3. The minimum atomic E-state index is -2.92. The van der Waals surface area contributed by atoms with E-state index in [1.54, 1.807) is 0 Å². The third-order valence-electron chi connectivity index (χ3n) is 3.69. The molecule has 0 radical (unpaired) electrons. The molecule has 0 atom stereocenters. The molecule has 0 bridgehead atoms. The van der Waals surface area contributed by atoms with Crippen LogP contribution >= 0.6 is 11.8 Å². The predicted octanol–water partition coefficient (Wildman–Crippen LogP) is 2.54. The molecule has 0 saturated carbocycles. The quantitative estimate of drug-likeness (QED) is 0.687. The molecule has 1 N–H and O–H groups in total. The maximum atomic E-state index is 12.4. The first-order valence-corrected chi connectivity index (χ1v) is 9.10. The molecule has 3 rings (SSSR count). The number of thioether (sulfide) groups is 1. The molecule has 3 amide bonds. The van der Waals surface area contributed by atoms with Crippen LogP contribution in [0.4, 0.5) is 13.6 Å². The van der Waals surface area contributed by atoms with Crippen molar-refractivity contribution < 1.29 is 27.9 Å². The Hall–Kier alpha value is -3.34. The van der Waals surface area contributed by atoms with Crippen LogP contribution in [-0.4, -0.2) is 51.6 Å². The van der Waals surface area contributed by atoms with Crippen LogP contribution in [0.3, 0.4) is 0 Å². The van der Waals surface area contributed by atoms with Crippen molar-refractivity contribution in [3.8, 4) is 5.75 Å². The fraction of sp³-hybridized carbons (Fsp3) is 0.167. The van der Waals surface area contributed by atoms with Gasteiger partial charge in [0.1, 0.15) is 11.4 Å². The average Bonchev–Trinajstić information content (AvgIpc) is 2.97. The number of ether oxygens (including phenoxy) is 1. The molecule has 1 saturated heterocycles. The molecule has 2 aromatic rings. The molecule has 0 unspecified atom stereocenters. The molecular weight excluding hydrogens is 406 g/mol. The summed E-state index contributed by atoms with van der Waals surface area (Å²) in [5.41, 5.74) is 0.675. The van der Waals surface area contributed by atoms with Crippen LogP contribution in [0.1, 0.15) is 16.1 Å². The summed E-state index contributed by atoms with van der Waals surface area (Å²) in [7, 11) is 0. The van der Waals surface area contributed by atoms with Crippen LogP contribution in [0.25, 0.3) is 6.08 Å². The first-order valence-electron chi connectivity index (χ1n) is 8.28. The summed E-state index contributed by atoms with van der Waals surface area (Å²) in [6, 6.07) is 5.66. The van der Waals surface area contributed by atoms with Crippen LogP contribution in [0, 0.1) is 0 Å². The number of amides is 3. The van der Waals surface area contributed by atoms with E-state index >= 15 is 0 Å². The van der Waals surface area contributed by atoms with Gasteiger partial charge in [-0.3, -0.25) is 24.3 Å². The maximum Gasteiger partial charge on any atom is 0.387 e. The molecule has 0 aliphatic carbocycles. The number of carbonyl (C=O) groups excluding carboxylic acids is 3. The second kappa shape index (κ2) is 9.24. The van der Waals surface area contributed by atoms with E-state index in [4.69, 9.17) is 0 Å². The van der Waals surface area contributed by atoms with Gasteiger partial charge in [-0.25, -0.2) is 4.98 Å². The number of alkyl halides is 2. The molecule has 1 aromatic heterocycles. The SMILES string of the molecule is O=C(NCCN1C(=O)S/C(=C\c2ccc(OC(F)F)cc2)C1=O)c1cnccn1. The molecule has 0 spiro atoms. The zero-order chi connectivity index (χ0) is 20.8. The Kier molecular flexibility index (Phi) is 6.50. The second-order valence-electron chi connectivity index (χ2n) is 5.63. The number of rotatable bonds is 7. The van der Waals surface area contributed by atoms with Crippen molar-refractivity contribution in [2.75, 3.05) is 13.1 Å². The largest absolute Gasteiger partial charge is 0.435 e. The lowest BCUT2D eigenvalue weighted by atomic mass is 10.2. The van der Waals surface area contributed by atoms with Gasteiger partial charge in [-0.1, -0.05) is 12.1 Å². The Morgan fingerprint density at radius 1 is 1.24 bits per heavy atom. The Bertz CT molecular complexity index is 939. The van der Waals surface area contributed by atoms with Gasteiger partial charge in [-0.05, 0) is 35.5 Å². The van der Waals surface area contributed by atoms with E-state index in [1.165, 1.54) is 48.9 Å². The van der Waals surface area contributed by atoms with Gasteiger partial charge in [0, 0.05) is 25.5 Å². The van der Waals surface area contributed by atoms with E-state index in [-0.39, 0.29) is 29.4 Å². The van der Waals surface area contributed by atoms with Gasteiger partial charge < -0.3 is 10.1 Å². The average molecular weight is 420 g/mol. The molecule has 1 fully saturated rings. The normalized spacial score (nSPS) is 15.3. The number of nitrogens with zero attached hydrogens (tertiary/aromatic N) is 3. The highest BCUT2D eigenvalue weighted by molar-refractivity contribution is 8.18. The van der Waals surface area contributed by atoms with E-state index in [1.807, 2.05) is 0 Å². The van der Waals surface area contributed by atoms with Gasteiger partial charge in [0.25, 0.3) is 17.1 Å². The summed E-state index contributed by atoms with van der Waals surface area (Å²) in [6.45, 7) is -2.87. The van der Waals surface area contributed by atoms with E-state index in [9.17, 15) is 23.2 Å². The molecule has 2 heterocycles. The Labute approximate surface area is 168 Å². The van der Waals surface area contributed by atoms with E-state index in [0.717, 1.165) is 16.7 Å². The lowest BCUT2D eigenvalue weighted by molar-refractivity contribution is -0.122. The molecule has 1 aliphatic rings. The van der Waals surface area contributed by atoms with Gasteiger partial charge in [0.15, 0.2) is 0 Å². The van der Waals surface area contributed by atoms with Gasteiger partial charge >= 0.3 is 6.61 Å². The van der Waals surface area contributed by atoms with Crippen molar-refractivity contribution in [3.05, 3.63) is 59.0 Å². The number of benzene rings is 1. The fourth-order valence-corrected chi connectivity index (χ4v) is 3.24. The van der Waals surface area contributed by atoms with Crippen LogP contribution in [0.15, 0.2) is 47.8 Å². The lowest BCUT2D eigenvalue weighted by Crippen LogP contribution is -2.37. The van der Waals surface area contributed by atoms with Crippen molar-refractivity contribution in [1.29, 1.82) is 0 Å². The Morgan fingerprint density at radius 3 is 2.66 bits per heavy atom. The van der Waals surface area contributed by atoms with Crippen molar-refractivity contribution >= 4 is 34.9 Å². The van der Waals surface area contributed by atoms with Gasteiger partial charge in [-0.2, -0.15) is 8.78 Å². The smallest absolute Gasteiger partial charge is 0.387 e. The highest BCUT2D eigenvalue weighted by atomic mass is 32.2. The first-order chi connectivity index (χ1) is 13.9. The molecule has 1 aliphatic heterocycles. The van der Waals surface area contributed by atoms with E-state index < -0.39 is 23.7 Å². The molecule has 150 valence electrons. The van der Waals surface area contributed by atoms with Crippen LogP contribution in [0.5, 0.6) is 5.75 Å². The minimum absolute atomic E-state index is 0.00479. The number of aromatic nitrogens is 2. The zero-order valence-electron chi connectivity index (χ0n) is 14.7. The van der Waals surface area contributed by atoms with Crippen LogP contribution in [-0.2, 0) is 4.79 Å². The first kappa shape index (κ1) is 20.4. The van der Waals surface area contributed by atoms with Gasteiger partial charge in [-0.15, -0.1) is 0 Å². The van der Waals surface area contributed by atoms with Crippen molar-refractivity contribution in [3.63, 3.8) is 0 Å². The number of hydrogen-bond donors (Lipinski definition) is 1. The van der Waals surface area contributed by atoms with E-state index in [0.29, 0.717) is 5.56 Å². The van der Waals surface area contributed by atoms with Crippen molar-refractivity contribution in [2.24, 2.45) is 0 Å². The summed E-state index contributed by atoms with van der Waals surface area (Å²) in [5.74, 6) is -0.975. The lowest BCUT2D eigenvalue weighted by Gasteiger charge is -2.12. The molecule has 1 aromatic carbocycles. The second-order valence-corrected chi connectivity index (χ2v) is 6.62. The number of hydrogen-bond acceptors (Lipinski definition) is 7. The van der Waals surface area contributed by atoms with Crippen LogP contribution < -0.4 is 10.1 Å². The highest BCUT2D eigenvalue weighted by Gasteiger charge is 2.34.